The number of amides is 1. The van der Waals surface area contributed by atoms with Gasteiger partial charge in [-0.3, -0.25) is 4.79 Å². The Labute approximate surface area is 147 Å². The fraction of sp³-hybridized carbons (Fsp3) is 0.200. The first kappa shape index (κ1) is 18.5. The third kappa shape index (κ3) is 3.78. The van der Waals surface area contributed by atoms with Gasteiger partial charge in [-0.2, -0.15) is 18.4 Å². The van der Waals surface area contributed by atoms with E-state index in [1.807, 2.05) is 0 Å². The summed E-state index contributed by atoms with van der Waals surface area (Å²) in [7, 11) is 0. The minimum atomic E-state index is -4.87. The molecular weight excluding hydrogens is 377 g/mol. The third-order valence-corrected chi connectivity index (χ3v) is 3.41. The molecule has 3 rings (SSSR count). The zero-order valence-electron chi connectivity index (χ0n) is 13.5. The standard InChI is InChI=1S/C15H10F5N5O2/c1-14(16,17)13-23-22-10-6-9(12(21)26)11(24-25(10)13)7-2-4-8(5-3-7)27-15(18,19)20/h2-6H,1H3,(H2,21,26). The lowest BCUT2D eigenvalue weighted by atomic mass is 10.1. The van der Waals surface area contributed by atoms with E-state index in [4.69, 9.17) is 5.73 Å². The number of nitrogens with zero attached hydrogens (tertiary/aromatic N) is 4. The Hall–Kier alpha value is -3.31. The minimum Gasteiger partial charge on any atom is -0.406 e. The fourth-order valence-corrected chi connectivity index (χ4v) is 2.32. The number of aromatic nitrogens is 4. The Morgan fingerprint density at radius 2 is 1.74 bits per heavy atom. The van der Waals surface area contributed by atoms with Gasteiger partial charge in [0.1, 0.15) is 11.4 Å². The molecule has 1 amide bonds. The second-order valence-corrected chi connectivity index (χ2v) is 5.53. The summed E-state index contributed by atoms with van der Waals surface area (Å²) in [6, 6.07) is 5.45. The Kier molecular flexibility index (Phi) is 4.20. The van der Waals surface area contributed by atoms with Crippen LogP contribution in [-0.2, 0) is 5.92 Å². The average Bonchev–Trinajstić information content (AvgIpc) is 2.96. The zero-order valence-corrected chi connectivity index (χ0v) is 13.5. The fourth-order valence-electron chi connectivity index (χ4n) is 2.32. The first-order chi connectivity index (χ1) is 12.5. The molecule has 0 aliphatic rings. The number of hydrogen-bond donors (Lipinski definition) is 1. The van der Waals surface area contributed by atoms with Crippen LogP contribution in [0, 0.1) is 0 Å². The van der Waals surface area contributed by atoms with Crippen molar-refractivity contribution in [2.75, 3.05) is 0 Å². The van der Waals surface area contributed by atoms with Crippen LogP contribution in [-0.4, -0.2) is 32.1 Å². The first-order valence-corrected chi connectivity index (χ1v) is 7.26. The summed E-state index contributed by atoms with van der Waals surface area (Å²) in [6.45, 7) is 0.593. The molecule has 7 nitrogen and oxygen atoms in total. The summed E-state index contributed by atoms with van der Waals surface area (Å²) in [5, 5.41) is 10.8. The van der Waals surface area contributed by atoms with E-state index in [1.165, 1.54) is 12.1 Å². The molecule has 0 saturated carbocycles. The number of fused-ring (bicyclic) bond motifs is 1. The van der Waals surface area contributed by atoms with Crippen molar-refractivity contribution >= 4 is 11.6 Å². The normalized spacial score (nSPS) is 12.4. The van der Waals surface area contributed by atoms with Crippen molar-refractivity contribution in [1.29, 1.82) is 0 Å². The van der Waals surface area contributed by atoms with Gasteiger partial charge in [0.15, 0.2) is 5.65 Å². The Bertz CT molecular complexity index is 1010. The molecule has 27 heavy (non-hydrogen) atoms. The number of alkyl halides is 5. The van der Waals surface area contributed by atoms with E-state index in [0.717, 1.165) is 22.7 Å². The number of ether oxygens (including phenoxy) is 1. The number of carbonyl (C=O) groups is 1. The molecule has 0 fully saturated rings. The number of carbonyl (C=O) groups excluding carboxylic acids is 1. The second kappa shape index (κ2) is 6.14. The summed E-state index contributed by atoms with van der Waals surface area (Å²) in [5.74, 6) is -5.57. The third-order valence-electron chi connectivity index (χ3n) is 3.41. The van der Waals surface area contributed by atoms with Crippen molar-refractivity contribution in [3.05, 3.63) is 41.7 Å². The Balaban J connectivity index is 2.14. The summed E-state index contributed by atoms with van der Waals surface area (Å²) >= 11 is 0. The molecule has 2 heterocycles. The molecule has 0 unspecified atom stereocenters. The van der Waals surface area contributed by atoms with Gasteiger partial charge in [0.25, 0.3) is 5.91 Å². The van der Waals surface area contributed by atoms with E-state index in [2.05, 4.69) is 20.0 Å². The molecule has 2 aromatic heterocycles. The maximum Gasteiger partial charge on any atom is 0.573 e. The lowest BCUT2D eigenvalue weighted by molar-refractivity contribution is -0.274. The molecule has 0 bridgehead atoms. The van der Waals surface area contributed by atoms with Gasteiger partial charge in [-0.1, -0.05) is 0 Å². The van der Waals surface area contributed by atoms with Crippen LogP contribution >= 0.6 is 0 Å². The largest absolute Gasteiger partial charge is 0.573 e. The Morgan fingerprint density at radius 1 is 1.11 bits per heavy atom. The van der Waals surface area contributed by atoms with Crippen LogP contribution in [0.3, 0.4) is 0 Å². The first-order valence-electron chi connectivity index (χ1n) is 7.26. The van der Waals surface area contributed by atoms with Crippen LogP contribution in [0.1, 0.15) is 23.1 Å². The van der Waals surface area contributed by atoms with Crippen LogP contribution in [0.25, 0.3) is 16.9 Å². The zero-order chi connectivity index (χ0) is 20.0. The molecule has 12 heteroatoms. The molecule has 0 spiro atoms. The van der Waals surface area contributed by atoms with Crippen LogP contribution in [0.5, 0.6) is 5.75 Å². The van der Waals surface area contributed by atoms with Crippen LogP contribution in [0.15, 0.2) is 30.3 Å². The van der Waals surface area contributed by atoms with Gasteiger partial charge in [0.2, 0.25) is 5.82 Å². The number of halogens is 5. The quantitative estimate of drug-likeness (QED) is 0.695. The van der Waals surface area contributed by atoms with E-state index in [9.17, 15) is 26.7 Å². The Morgan fingerprint density at radius 3 is 2.26 bits per heavy atom. The summed E-state index contributed by atoms with van der Waals surface area (Å²) in [5.41, 5.74) is 5.02. The number of benzene rings is 1. The molecule has 0 aliphatic carbocycles. The van der Waals surface area contributed by atoms with Gasteiger partial charge in [-0.25, -0.2) is 0 Å². The van der Waals surface area contributed by atoms with Crippen molar-refractivity contribution in [1.82, 2.24) is 19.8 Å². The molecule has 0 atom stereocenters. The van der Waals surface area contributed by atoms with E-state index < -0.39 is 29.8 Å². The maximum absolute atomic E-state index is 13.6. The van der Waals surface area contributed by atoms with E-state index in [1.54, 1.807) is 0 Å². The van der Waals surface area contributed by atoms with Gasteiger partial charge < -0.3 is 10.5 Å². The number of primary amides is 1. The highest BCUT2D eigenvalue weighted by Gasteiger charge is 2.33. The van der Waals surface area contributed by atoms with E-state index >= 15 is 0 Å². The van der Waals surface area contributed by atoms with Gasteiger partial charge >= 0.3 is 12.3 Å². The van der Waals surface area contributed by atoms with Crippen molar-refractivity contribution in [2.24, 2.45) is 5.73 Å². The average molecular weight is 387 g/mol. The predicted octanol–water partition coefficient (Wildman–Crippen LogP) is 2.90. The molecule has 142 valence electrons. The van der Waals surface area contributed by atoms with E-state index in [0.29, 0.717) is 6.92 Å². The van der Waals surface area contributed by atoms with Crippen molar-refractivity contribution in [3.8, 4) is 17.0 Å². The highest BCUT2D eigenvalue weighted by Crippen LogP contribution is 2.30. The van der Waals surface area contributed by atoms with Crippen LogP contribution in [0.2, 0.25) is 0 Å². The smallest absolute Gasteiger partial charge is 0.406 e. The van der Waals surface area contributed by atoms with Crippen LogP contribution in [0.4, 0.5) is 22.0 Å². The monoisotopic (exact) mass is 387 g/mol. The molecule has 2 N–H and O–H groups in total. The number of hydrogen-bond acceptors (Lipinski definition) is 5. The van der Waals surface area contributed by atoms with E-state index in [-0.39, 0.29) is 22.5 Å². The molecule has 3 aromatic rings. The molecular formula is C15H10F5N5O2. The highest BCUT2D eigenvalue weighted by molar-refractivity contribution is 5.99. The minimum absolute atomic E-state index is 0.126. The lowest BCUT2D eigenvalue weighted by Crippen LogP contribution is -2.18. The lowest BCUT2D eigenvalue weighted by Gasteiger charge is -2.11. The summed E-state index contributed by atoms with van der Waals surface area (Å²) < 4.78 is 68.5. The SMILES string of the molecule is CC(F)(F)c1nnc2cc(C(N)=O)c(-c3ccc(OC(F)(F)F)cc3)nn12. The topological polar surface area (TPSA) is 95.4 Å². The molecule has 0 radical (unpaired) electrons. The molecule has 1 aromatic carbocycles. The van der Waals surface area contributed by atoms with Gasteiger partial charge in [0, 0.05) is 12.5 Å². The highest BCUT2D eigenvalue weighted by atomic mass is 19.4. The van der Waals surface area contributed by atoms with Gasteiger partial charge in [-0.15, -0.1) is 23.4 Å². The van der Waals surface area contributed by atoms with Gasteiger partial charge in [0.05, 0.1) is 5.56 Å². The van der Waals surface area contributed by atoms with Gasteiger partial charge in [-0.05, 0) is 30.3 Å². The number of rotatable bonds is 4. The van der Waals surface area contributed by atoms with Crippen molar-refractivity contribution in [2.45, 2.75) is 19.2 Å². The second-order valence-electron chi connectivity index (χ2n) is 5.53. The molecule has 0 aliphatic heterocycles. The van der Waals surface area contributed by atoms with Crippen molar-refractivity contribution < 1.29 is 31.5 Å². The summed E-state index contributed by atoms with van der Waals surface area (Å²) in [4.78, 5) is 11.7. The number of nitrogens with two attached hydrogens (primary N) is 1. The van der Waals surface area contributed by atoms with Crippen LogP contribution < -0.4 is 10.5 Å². The summed E-state index contributed by atoms with van der Waals surface area (Å²) in [6.07, 6.45) is -4.87. The maximum atomic E-state index is 13.6. The van der Waals surface area contributed by atoms with Crippen molar-refractivity contribution in [3.63, 3.8) is 0 Å². The predicted molar refractivity (Wildman–Crippen MR) is 81.0 cm³/mol. The molecule has 0 saturated heterocycles.